The van der Waals surface area contributed by atoms with Crippen molar-refractivity contribution in [2.45, 2.75) is 0 Å². The minimum atomic E-state index is -0.250. The third-order valence-electron chi connectivity index (χ3n) is 0. The first-order valence-corrected chi connectivity index (χ1v) is 5.13. The summed E-state index contributed by atoms with van der Waals surface area (Å²) in [6, 6.07) is 0. The normalized spacial score (nSPS) is 3.20. The van der Waals surface area contributed by atoms with Crippen LogP contribution in [-0.4, -0.2) is 11.6 Å². The van der Waals surface area contributed by atoms with Crippen LogP contribution in [0.1, 0.15) is 0 Å². The fourth-order valence-corrected chi connectivity index (χ4v) is 0. The van der Waals surface area contributed by atoms with Gasteiger partial charge in [-0.1, -0.05) is 0 Å². The Balaban J connectivity index is 0. The van der Waals surface area contributed by atoms with E-state index in [4.69, 9.17) is 18.5 Å². The molecule has 0 radical (unpaired) electrons. The Morgan fingerprint density at radius 1 is 1.80 bits per heavy atom. The first kappa shape index (κ1) is 9.16. The summed E-state index contributed by atoms with van der Waals surface area (Å²) in [6.07, 6.45) is 0. The van der Waals surface area contributed by atoms with Gasteiger partial charge in [0.25, 0.3) is 6.47 Å². The van der Waals surface area contributed by atoms with Gasteiger partial charge in [0.05, 0.1) is 0 Å². The van der Waals surface area contributed by atoms with E-state index in [2.05, 4.69) is 0 Å². The van der Waals surface area contributed by atoms with Crippen LogP contribution in [0.15, 0.2) is 0 Å². The Kier molecular flexibility index (Phi) is 42.1. The molecule has 0 heterocycles. The third kappa shape index (κ3) is 80.7. The molecule has 0 aromatic carbocycles. The Morgan fingerprint density at radius 2 is 1.80 bits per heavy atom. The first-order valence-electron chi connectivity index (χ1n) is 0.683. The number of rotatable bonds is 0. The fraction of sp³-hybridized carbons (Fsp3) is 0. The van der Waals surface area contributed by atoms with Crippen LogP contribution in [0.3, 0.4) is 0 Å². The average molecular weight is 260 g/mol. The molecule has 0 aromatic rings. The molecule has 0 unspecified atom stereocenters. The van der Waals surface area contributed by atoms with Gasteiger partial charge in [0, 0.05) is 0 Å². The molecule has 5 heavy (non-hydrogen) atoms. The predicted octanol–water partition coefficient (Wildman–Crippen LogP) is 0.388. The van der Waals surface area contributed by atoms with Crippen LogP contribution in [0.4, 0.5) is 0 Å². The van der Waals surface area contributed by atoms with Crippen LogP contribution in [0.2, 0.25) is 0 Å². The quantitative estimate of drug-likeness (QED) is 0.505. The van der Waals surface area contributed by atoms with Crippen LogP contribution in [0, 0.1) is 0 Å². The summed E-state index contributed by atoms with van der Waals surface area (Å²) in [7, 11) is 4.78. The molecule has 29 valence electrons. The van der Waals surface area contributed by atoms with E-state index in [-0.39, 0.29) is 6.47 Å². The van der Waals surface area contributed by atoms with E-state index in [9.17, 15) is 0 Å². The van der Waals surface area contributed by atoms with Crippen molar-refractivity contribution in [2.75, 3.05) is 0 Å². The van der Waals surface area contributed by atoms with Crippen LogP contribution < -0.4 is 0 Å². The van der Waals surface area contributed by atoms with Crippen LogP contribution in [-0.2, 0) is 28.0 Å². The van der Waals surface area contributed by atoms with Gasteiger partial charge in [-0.3, -0.25) is 4.79 Å². The number of hydrogen-bond acceptors (Lipinski definition) is 1. The van der Waals surface area contributed by atoms with E-state index >= 15 is 0 Å². The molecule has 0 bridgehead atoms. The summed E-state index contributed by atoms with van der Waals surface area (Å²) in [5.41, 5.74) is 0. The van der Waals surface area contributed by atoms with Crippen molar-refractivity contribution in [3.8, 4) is 0 Å². The zero-order valence-corrected chi connectivity index (χ0v) is 6.66. The number of hydrogen-bond donors (Lipinski definition) is 1. The van der Waals surface area contributed by atoms with Crippen LogP contribution >= 0.6 is 8.58 Å². The maximum atomic E-state index is 8.36. The number of carbonyl (C=O) groups is 1. The minimum absolute atomic E-state index is 0.250. The molecule has 0 aliphatic heterocycles. The monoisotopic (exact) mass is 261 g/mol. The van der Waals surface area contributed by atoms with Crippen molar-refractivity contribution in [3.05, 3.63) is 0 Å². The molecule has 0 aromatic heterocycles. The van der Waals surface area contributed by atoms with Crippen molar-refractivity contribution in [1.29, 1.82) is 0 Å². The van der Waals surface area contributed by atoms with Crippen molar-refractivity contribution in [1.82, 2.24) is 0 Å². The number of halogens is 1. The second kappa shape index (κ2) is 23.0. The molecule has 0 aliphatic carbocycles. The van der Waals surface area contributed by atoms with E-state index in [1.165, 1.54) is 0 Å². The van der Waals surface area contributed by atoms with Gasteiger partial charge in [0.15, 0.2) is 0 Å². The summed E-state index contributed by atoms with van der Waals surface area (Å²) < 4.78 is 0. The predicted molar refractivity (Wildman–Crippen MR) is 14.5 cm³/mol. The second-order valence-electron chi connectivity index (χ2n) is 0.105. The summed E-state index contributed by atoms with van der Waals surface area (Å²) in [5.74, 6) is 0. The van der Waals surface area contributed by atoms with Gasteiger partial charge in [0.2, 0.25) is 0 Å². The topological polar surface area (TPSA) is 37.3 Å². The van der Waals surface area contributed by atoms with Crippen molar-refractivity contribution in [3.63, 3.8) is 0 Å². The zero-order chi connectivity index (χ0) is 4.71. The molecule has 2 nitrogen and oxygen atoms in total. The molecule has 0 spiro atoms. The summed E-state index contributed by atoms with van der Waals surface area (Å²) in [5, 5.41) is 6.89. The molecule has 0 saturated heterocycles. The van der Waals surface area contributed by atoms with Gasteiger partial charge in [-0.15, -0.1) is 0 Å². The van der Waals surface area contributed by atoms with Gasteiger partial charge < -0.3 is 5.11 Å². The fourth-order valence-electron chi connectivity index (χ4n) is 0. The molecule has 0 rings (SSSR count). The van der Waals surface area contributed by atoms with Gasteiger partial charge in [-0.25, -0.2) is 0 Å². The molecule has 0 amide bonds. The van der Waals surface area contributed by atoms with E-state index in [0.29, 0.717) is 0 Å². The SMILES string of the molecule is O=CO.[Cl][Hf]. The Morgan fingerprint density at radius 3 is 1.80 bits per heavy atom. The molecule has 1 N–H and O–H groups in total. The molecular formula is CH2ClHfO2. The standard InChI is InChI=1S/CH2O2.ClH.Hf/c2-1-3;;/h1H,(H,2,3);1H;/q;;+1/p-1. The van der Waals surface area contributed by atoms with Gasteiger partial charge in [-0.2, -0.15) is 0 Å². The van der Waals surface area contributed by atoms with Gasteiger partial charge in [0.1, 0.15) is 0 Å². The van der Waals surface area contributed by atoms with E-state index < -0.39 is 0 Å². The Bertz CT molecular complexity index is 17.1. The zero-order valence-electron chi connectivity index (χ0n) is 2.31. The van der Waals surface area contributed by atoms with E-state index in [0.717, 1.165) is 23.2 Å². The molecule has 0 fully saturated rings. The van der Waals surface area contributed by atoms with Gasteiger partial charge >= 0.3 is 31.8 Å². The van der Waals surface area contributed by atoms with E-state index in [1.54, 1.807) is 0 Å². The van der Waals surface area contributed by atoms with E-state index in [1.807, 2.05) is 0 Å². The average Bonchev–Trinajstić information content (AvgIpc) is 1.46. The molecule has 4 heteroatoms. The third-order valence-corrected chi connectivity index (χ3v) is 0. The summed E-state index contributed by atoms with van der Waals surface area (Å²) in [6.45, 7) is -0.250. The van der Waals surface area contributed by atoms with Crippen molar-refractivity contribution < 1.29 is 33.1 Å². The van der Waals surface area contributed by atoms with Crippen LogP contribution in [0.25, 0.3) is 0 Å². The molecule has 0 aliphatic rings. The Labute approximate surface area is 48.3 Å². The van der Waals surface area contributed by atoms with Gasteiger partial charge in [-0.05, 0) is 0 Å². The summed E-state index contributed by atoms with van der Waals surface area (Å²) >= 11 is 0.778. The van der Waals surface area contributed by atoms with Crippen molar-refractivity contribution >= 4 is 15.0 Å². The molecule has 0 atom stereocenters. The number of carboxylic acid groups (broad SMARTS) is 1. The maximum absolute atomic E-state index is 8.36. The molecule has 0 saturated carbocycles. The Hall–Kier alpha value is 0.630. The molecular weight excluding hydrogens is 258 g/mol. The second-order valence-corrected chi connectivity index (χ2v) is 0.105. The first-order chi connectivity index (χ1) is 2.41. The van der Waals surface area contributed by atoms with Crippen molar-refractivity contribution in [2.24, 2.45) is 0 Å². The summed E-state index contributed by atoms with van der Waals surface area (Å²) in [4.78, 5) is 8.36. The van der Waals surface area contributed by atoms with Crippen LogP contribution in [0.5, 0.6) is 0 Å².